The van der Waals surface area contributed by atoms with Crippen LogP contribution >= 0.6 is 0 Å². The Kier molecular flexibility index (Phi) is 18.9. The standard InChI is InChI=1S/C49H73N11O22/c1-16-48(77,15-62)41(44(79-16)81-38-29(59-46(53)54)34(69)28(58-45(51)52)35(70)37(38)72)82-43-30(36(71)31(66)21(14-61)80-43)60(3)12-11-56-23(65)8-7-22(64)55-9-10-57-27-19-13-18-25(32(67)24-17(47(18,2)76)5-4-6-20(24)63)39(73)49(19,78)40(74)26(33(27)68)42(50)75/h4-6,16,18-19,21,27-31,34-38,41,43-44,57,61-63,66-67,69-72,74,76-78H,7-15H2,1-3H3,(H2,50,75)(H,55,64)(H,56,65)(H4,51,52,58)(H4,53,54,59)/t16-,18-,19-,21?,27-,28?,29-,30+,31-,34?,35-,36?,37-,38?,41?,43-,44-,47+,48-,49-/m0/s1. The van der Waals surface area contributed by atoms with Crippen LogP contribution in [0, 0.1) is 11.8 Å². The molecular weight excluding hydrogens is 1090 g/mol. The summed E-state index contributed by atoms with van der Waals surface area (Å²) in [5.41, 5.74) is 18.3. The first-order valence-corrected chi connectivity index (χ1v) is 26.0. The second-order valence-electron chi connectivity index (χ2n) is 21.4. The Morgan fingerprint density at radius 3 is 2.02 bits per heavy atom. The number of amides is 3. The molecule has 4 fully saturated rings. The number of carbonyl (C=O) groups excluding carboxylic acids is 5. The van der Waals surface area contributed by atoms with Crippen molar-refractivity contribution < 1.29 is 109 Å². The van der Waals surface area contributed by atoms with Crippen LogP contribution in [0.2, 0.25) is 0 Å². The van der Waals surface area contributed by atoms with Crippen LogP contribution in [0.15, 0.2) is 45.1 Å². The number of Topliss-reactive ketones (excluding diaryl/α,β-unsaturated/α-hetero) is 2. The van der Waals surface area contributed by atoms with Crippen LogP contribution in [0.5, 0.6) is 5.75 Å². The zero-order valence-electron chi connectivity index (χ0n) is 44.6. The van der Waals surface area contributed by atoms with E-state index in [4.69, 9.17) is 47.6 Å². The topological polar surface area (TPSA) is 579 Å². The van der Waals surface area contributed by atoms with E-state index in [0.29, 0.717) is 0 Å². The molecule has 20 atom stereocenters. The molecule has 1 aromatic carbocycles. The minimum atomic E-state index is -3.04. The van der Waals surface area contributed by atoms with Crippen molar-refractivity contribution in [2.75, 3.05) is 46.4 Å². The monoisotopic (exact) mass is 1170 g/mol. The van der Waals surface area contributed by atoms with Gasteiger partial charge in [0.2, 0.25) is 17.6 Å². The molecule has 82 heavy (non-hydrogen) atoms. The summed E-state index contributed by atoms with van der Waals surface area (Å²) < 4.78 is 24.0. The third-order valence-corrected chi connectivity index (χ3v) is 16.3. The number of aromatic hydroxyl groups is 1. The van der Waals surface area contributed by atoms with Gasteiger partial charge in [0.05, 0.1) is 42.6 Å². The molecule has 2 saturated heterocycles. The Hall–Kier alpha value is -6.25. The lowest BCUT2D eigenvalue weighted by Crippen LogP contribution is -2.67. The Labute approximate surface area is 466 Å². The number of phenols is 1. The largest absolute Gasteiger partial charge is 0.508 e. The fourth-order valence-corrected chi connectivity index (χ4v) is 11.8. The molecule has 33 heteroatoms. The van der Waals surface area contributed by atoms with E-state index in [1.54, 1.807) is 0 Å². The number of guanidine groups is 2. The third kappa shape index (κ3) is 11.4. The molecule has 4 aliphatic carbocycles. The van der Waals surface area contributed by atoms with Gasteiger partial charge in [-0.15, -0.1) is 0 Å². The average molecular weight is 1170 g/mol. The number of nitrogens with two attached hydrogens (primary N) is 5. The summed E-state index contributed by atoms with van der Waals surface area (Å²) in [7, 11) is 1.42. The summed E-state index contributed by atoms with van der Waals surface area (Å²) in [5.74, 6) is -12.0. The van der Waals surface area contributed by atoms with Gasteiger partial charge in [-0.2, -0.15) is 0 Å². The molecule has 7 rings (SSSR count). The Morgan fingerprint density at radius 1 is 0.805 bits per heavy atom. The van der Waals surface area contributed by atoms with Gasteiger partial charge in [0.1, 0.15) is 89.4 Å². The lowest BCUT2D eigenvalue weighted by molar-refractivity contribution is -0.327. The fraction of sp³-hybridized carbons (Fsp3) is 0.653. The number of benzene rings is 1. The van der Waals surface area contributed by atoms with Crippen molar-refractivity contribution in [3.05, 3.63) is 46.2 Å². The fourth-order valence-electron chi connectivity index (χ4n) is 11.8. The van der Waals surface area contributed by atoms with Gasteiger partial charge in [-0.25, -0.2) is 9.98 Å². The van der Waals surface area contributed by atoms with Crippen molar-refractivity contribution in [2.45, 2.75) is 142 Å². The van der Waals surface area contributed by atoms with Gasteiger partial charge in [0, 0.05) is 56.4 Å². The molecule has 0 bridgehead atoms. The van der Waals surface area contributed by atoms with E-state index in [9.17, 15) is 90.4 Å². The summed E-state index contributed by atoms with van der Waals surface area (Å²) >= 11 is 0. The molecule has 0 radical (unpaired) electrons. The van der Waals surface area contributed by atoms with Gasteiger partial charge >= 0.3 is 0 Å². The highest BCUT2D eigenvalue weighted by Gasteiger charge is 2.67. The minimum absolute atomic E-state index is 0.0265. The van der Waals surface area contributed by atoms with Crippen molar-refractivity contribution in [1.29, 1.82) is 0 Å². The number of likely N-dealkylation sites (N-methyl/N-ethyl adjacent to an activating group) is 1. The zero-order chi connectivity index (χ0) is 60.8. The SMILES string of the molecule is C[C@@H]1O[C@@H](OC2[C@@H](N=C(N)N)C(O)C(N=C(N)N)[C@H](O)[C@@H]2O)C(O[C@@H]2OC(CO)[C@H](O)C(O)[C@H]2N(C)CCNC(=O)CCC(=O)NCCN[C@@H]2C(=O)C(C(N)=O)=C(O)[C@@]3(O)C(=O)C4=C(O)c5c(O)cccc5[C@@](C)(O)[C@H]4C[C@@H]23)[C@]1(O)CO. The molecule has 2 saturated carbocycles. The second-order valence-corrected chi connectivity index (χ2v) is 21.4. The molecule has 33 nitrogen and oxygen atoms in total. The lowest BCUT2D eigenvalue weighted by atomic mass is 9.54. The number of nitrogens with one attached hydrogen (secondary N) is 3. The van der Waals surface area contributed by atoms with Crippen molar-refractivity contribution >= 4 is 47.0 Å². The van der Waals surface area contributed by atoms with Crippen molar-refractivity contribution in [3.63, 3.8) is 0 Å². The van der Waals surface area contributed by atoms with E-state index in [0.717, 1.165) is 0 Å². The maximum Gasteiger partial charge on any atom is 0.255 e. The highest BCUT2D eigenvalue weighted by atomic mass is 16.8. The normalized spacial score (nSPS) is 38.1. The van der Waals surface area contributed by atoms with Gasteiger partial charge in [0.25, 0.3) is 5.91 Å². The van der Waals surface area contributed by atoms with Crippen LogP contribution < -0.4 is 44.6 Å². The number of ether oxygens (including phenoxy) is 4. The first-order chi connectivity index (χ1) is 38.4. The van der Waals surface area contributed by atoms with E-state index >= 15 is 0 Å². The number of primary amides is 1. The van der Waals surface area contributed by atoms with E-state index in [1.807, 2.05) is 0 Å². The van der Waals surface area contributed by atoms with Crippen LogP contribution in [0.3, 0.4) is 0 Å². The van der Waals surface area contributed by atoms with E-state index in [2.05, 4.69) is 25.9 Å². The lowest BCUT2D eigenvalue weighted by Gasteiger charge is -2.52. The first kappa shape index (κ1) is 63.3. The maximum atomic E-state index is 14.2. The number of aliphatic hydroxyl groups excluding tert-OH is 9. The van der Waals surface area contributed by atoms with Crippen LogP contribution in [0.1, 0.15) is 44.2 Å². The summed E-state index contributed by atoms with van der Waals surface area (Å²) in [6.07, 6.45) is -20.4. The predicted octanol–water partition coefficient (Wildman–Crippen LogP) is -9.97. The summed E-state index contributed by atoms with van der Waals surface area (Å²) in [4.78, 5) is 75.6. The number of ketones is 2. The van der Waals surface area contributed by atoms with Crippen LogP contribution in [0.25, 0.3) is 5.76 Å². The van der Waals surface area contributed by atoms with Crippen molar-refractivity contribution in [1.82, 2.24) is 20.9 Å². The van der Waals surface area contributed by atoms with Crippen LogP contribution in [-0.2, 0) is 48.5 Å². The third-order valence-electron chi connectivity index (χ3n) is 16.3. The predicted molar refractivity (Wildman–Crippen MR) is 277 cm³/mol. The Morgan fingerprint density at radius 2 is 1.43 bits per heavy atom. The van der Waals surface area contributed by atoms with Crippen LogP contribution in [0.4, 0.5) is 0 Å². The second kappa shape index (κ2) is 24.5. The molecule has 2 heterocycles. The number of phenolic OH excluding ortho intramolecular Hbond substituents is 1. The van der Waals surface area contributed by atoms with E-state index in [-0.39, 0.29) is 50.1 Å². The number of nitrogens with zero attached hydrogens (tertiary/aromatic N) is 3. The molecular formula is C49H73N11O22. The number of fused-ring (bicyclic) bond motifs is 3. The zero-order valence-corrected chi connectivity index (χ0v) is 44.6. The van der Waals surface area contributed by atoms with E-state index in [1.165, 1.54) is 44.0 Å². The molecule has 26 N–H and O–H groups in total. The molecule has 2 aliphatic heterocycles. The molecule has 456 valence electrons. The highest BCUT2D eigenvalue weighted by Crippen LogP contribution is 2.57. The molecule has 3 amide bonds. The Bertz CT molecular complexity index is 2740. The molecule has 6 unspecified atom stereocenters. The van der Waals surface area contributed by atoms with E-state index < -0.39 is 210 Å². The minimum Gasteiger partial charge on any atom is -0.508 e. The smallest absolute Gasteiger partial charge is 0.255 e. The van der Waals surface area contributed by atoms with Crippen molar-refractivity contribution in [2.24, 2.45) is 50.5 Å². The van der Waals surface area contributed by atoms with Crippen LogP contribution in [-0.4, -0.2) is 262 Å². The molecule has 0 aromatic heterocycles. The highest BCUT2D eigenvalue weighted by molar-refractivity contribution is 6.24. The number of rotatable bonds is 20. The summed E-state index contributed by atoms with van der Waals surface area (Å²) in [6, 6.07) is -2.23. The quantitative estimate of drug-likeness (QED) is 0.0249. The Balaban J connectivity index is 0.960. The number of carbonyl (C=O) groups is 5. The molecule has 0 spiro atoms. The number of hydrogen-bond acceptors (Lipinski definition) is 26. The van der Waals surface area contributed by atoms with Gasteiger partial charge in [-0.3, -0.25) is 28.9 Å². The number of hydrogen-bond donors (Lipinski definition) is 21. The number of aliphatic hydroxyl groups is 12. The van der Waals surface area contributed by atoms with Crippen molar-refractivity contribution in [3.8, 4) is 5.75 Å². The molecule has 6 aliphatic rings. The summed E-state index contributed by atoms with van der Waals surface area (Å²) in [5, 5.41) is 153. The maximum absolute atomic E-state index is 14.2. The van der Waals surface area contributed by atoms with Gasteiger partial charge in [-0.05, 0) is 38.9 Å². The first-order valence-electron chi connectivity index (χ1n) is 26.0. The van der Waals surface area contributed by atoms with Gasteiger partial charge < -0.3 is 130 Å². The van der Waals surface area contributed by atoms with Gasteiger partial charge in [0.15, 0.2) is 35.9 Å². The number of aliphatic imine (C=N–C) groups is 2. The molecule has 1 aromatic rings. The summed E-state index contributed by atoms with van der Waals surface area (Å²) in [6.45, 7) is -0.108. The van der Waals surface area contributed by atoms with Gasteiger partial charge in [-0.1, -0.05) is 12.1 Å². The average Bonchev–Trinajstić information content (AvgIpc) is 1.09.